The molecule has 94 valence electrons. The first-order valence-electron chi connectivity index (χ1n) is 5.84. The molecule has 0 heterocycles. The second kappa shape index (κ2) is 5.61. The minimum Gasteiger partial charge on any atom is -0.493 e. The third-order valence-electron chi connectivity index (χ3n) is 2.94. The van der Waals surface area contributed by atoms with Gasteiger partial charge in [0.15, 0.2) is 11.5 Å². The normalized spacial score (nSPS) is 14.8. The van der Waals surface area contributed by atoms with Crippen molar-refractivity contribution >= 4 is 11.6 Å². The molecule has 0 bridgehead atoms. The maximum Gasteiger partial charge on any atom is 0.179 e. The molecule has 1 aliphatic rings. The molecule has 0 amide bonds. The summed E-state index contributed by atoms with van der Waals surface area (Å²) in [6, 6.07) is 3.45. The number of hydrogen-bond acceptors (Lipinski definition) is 3. The summed E-state index contributed by atoms with van der Waals surface area (Å²) >= 11 is 6.11. The monoisotopic (exact) mass is 256 g/mol. The van der Waals surface area contributed by atoms with Crippen molar-refractivity contribution in [2.45, 2.75) is 25.9 Å². The Kier molecular flexibility index (Phi) is 4.13. The summed E-state index contributed by atoms with van der Waals surface area (Å²) in [5, 5.41) is 9.56. The molecule has 0 unspecified atom stereocenters. The predicted molar refractivity (Wildman–Crippen MR) is 66.8 cm³/mol. The Hall–Kier alpha value is -0.930. The van der Waals surface area contributed by atoms with Crippen molar-refractivity contribution < 1.29 is 14.6 Å². The number of methoxy groups -OCH3 is 1. The number of rotatable bonds is 6. The van der Waals surface area contributed by atoms with Gasteiger partial charge in [0.1, 0.15) is 0 Å². The van der Waals surface area contributed by atoms with Gasteiger partial charge in [0.05, 0.1) is 25.3 Å². The highest BCUT2D eigenvalue weighted by Gasteiger charge is 2.21. The van der Waals surface area contributed by atoms with E-state index in [0.717, 1.165) is 17.9 Å². The highest BCUT2D eigenvalue weighted by atomic mass is 35.5. The summed E-state index contributed by atoms with van der Waals surface area (Å²) in [7, 11) is 1.57. The van der Waals surface area contributed by atoms with Crippen LogP contribution in [0.4, 0.5) is 0 Å². The Labute approximate surface area is 106 Å². The van der Waals surface area contributed by atoms with E-state index in [1.165, 1.54) is 12.8 Å². The molecule has 0 aliphatic heterocycles. The third kappa shape index (κ3) is 3.27. The van der Waals surface area contributed by atoms with E-state index in [1.54, 1.807) is 19.2 Å². The van der Waals surface area contributed by atoms with E-state index in [0.29, 0.717) is 23.1 Å². The van der Waals surface area contributed by atoms with Gasteiger partial charge in [-0.2, -0.15) is 0 Å². The number of hydrogen-bond donors (Lipinski definition) is 1. The summed E-state index contributed by atoms with van der Waals surface area (Å²) in [4.78, 5) is 0. The Balaban J connectivity index is 2.06. The lowest BCUT2D eigenvalue weighted by Crippen LogP contribution is -2.01. The number of aliphatic hydroxyl groups excluding tert-OH is 1. The minimum atomic E-state index is -0.0571. The molecule has 17 heavy (non-hydrogen) atoms. The van der Waals surface area contributed by atoms with Crippen LogP contribution in [0.5, 0.6) is 11.5 Å². The fourth-order valence-corrected chi connectivity index (χ4v) is 2.03. The van der Waals surface area contributed by atoms with E-state index in [2.05, 4.69) is 0 Å². The Bertz CT molecular complexity index is 388. The second-order valence-corrected chi connectivity index (χ2v) is 4.75. The van der Waals surface area contributed by atoms with Gasteiger partial charge >= 0.3 is 0 Å². The molecule has 3 nitrogen and oxygen atoms in total. The molecule has 1 saturated carbocycles. The Morgan fingerprint density at radius 1 is 1.41 bits per heavy atom. The summed E-state index contributed by atoms with van der Waals surface area (Å²) in [6.07, 6.45) is 3.70. The average molecular weight is 257 g/mol. The van der Waals surface area contributed by atoms with E-state index in [9.17, 15) is 0 Å². The molecule has 1 aromatic carbocycles. The smallest absolute Gasteiger partial charge is 0.179 e. The zero-order chi connectivity index (χ0) is 12.3. The van der Waals surface area contributed by atoms with Gasteiger partial charge < -0.3 is 14.6 Å². The van der Waals surface area contributed by atoms with E-state index in [-0.39, 0.29) is 6.61 Å². The van der Waals surface area contributed by atoms with Gasteiger partial charge in [-0.15, -0.1) is 0 Å². The third-order valence-corrected chi connectivity index (χ3v) is 3.22. The summed E-state index contributed by atoms with van der Waals surface area (Å²) in [6.45, 7) is 0.609. The molecule has 1 aliphatic carbocycles. The maximum absolute atomic E-state index is 9.08. The SMILES string of the molecule is COc1cc(CO)cc(Cl)c1OCCC1CC1. The topological polar surface area (TPSA) is 38.7 Å². The lowest BCUT2D eigenvalue weighted by Gasteiger charge is -2.13. The lowest BCUT2D eigenvalue weighted by molar-refractivity contribution is 0.274. The van der Waals surface area contributed by atoms with Crippen LogP contribution in [0, 0.1) is 5.92 Å². The standard InChI is InChI=1S/C13H17ClO3/c1-16-12-7-10(8-15)6-11(14)13(12)17-5-4-9-2-3-9/h6-7,9,15H,2-5,8H2,1H3. The summed E-state index contributed by atoms with van der Waals surface area (Å²) in [5.41, 5.74) is 0.724. The van der Waals surface area contributed by atoms with Gasteiger partial charge in [-0.25, -0.2) is 0 Å². The van der Waals surface area contributed by atoms with Crippen molar-refractivity contribution in [2.75, 3.05) is 13.7 Å². The second-order valence-electron chi connectivity index (χ2n) is 4.35. The fraction of sp³-hybridized carbons (Fsp3) is 0.538. The summed E-state index contributed by atoms with van der Waals surface area (Å²) in [5.74, 6) is 1.99. The van der Waals surface area contributed by atoms with Crippen molar-refractivity contribution in [1.82, 2.24) is 0 Å². The highest BCUT2D eigenvalue weighted by Crippen LogP contribution is 2.38. The van der Waals surface area contributed by atoms with Crippen molar-refractivity contribution in [3.63, 3.8) is 0 Å². The number of aliphatic hydroxyl groups is 1. The zero-order valence-corrected chi connectivity index (χ0v) is 10.7. The average Bonchev–Trinajstić information content (AvgIpc) is 3.14. The van der Waals surface area contributed by atoms with Gasteiger partial charge in [0, 0.05) is 0 Å². The molecular weight excluding hydrogens is 240 g/mol. The predicted octanol–water partition coefficient (Wildman–Crippen LogP) is 3.02. The first-order valence-corrected chi connectivity index (χ1v) is 6.22. The minimum absolute atomic E-state index is 0.0571. The molecule has 0 radical (unpaired) electrons. The number of ether oxygens (including phenoxy) is 2. The Morgan fingerprint density at radius 3 is 2.76 bits per heavy atom. The molecule has 0 atom stereocenters. The zero-order valence-electron chi connectivity index (χ0n) is 9.91. The molecule has 1 fully saturated rings. The van der Waals surface area contributed by atoms with E-state index >= 15 is 0 Å². The van der Waals surface area contributed by atoms with Crippen molar-refractivity contribution in [3.05, 3.63) is 22.7 Å². The van der Waals surface area contributed by atoms with Crippen LogP contribution in [0.3, 0.4) is 0 Å². The van der Waals surface area contributed by atoms with Gasteiger partial charge in [0.2, 0.25) is 0 Å². The molecule has 0 saturated heterocycles. The van der Waals surface area contributed by atoms with Crippen LogP contribution in [0.1, 0.15) is 24.8 Å². The van der Waals surface area contributed by atoms with Crippen LogP contribution < -0.4 is 9.47 Å². The van der Waals surface area contributed by atoms with Crippen LogP contribution in [-0.4, -0.2) is 18.8 Å². The van der Waals surface area contributed by atoms with E-state index in [4.69, 9.17) is 26.2 Å². The molecule has 4 heteroatoms. The van der Waals surface area contributed by atoms with E-state index < -0.39 is 0 Å². The van der Waals surface area contributed by atoms with Crippen molar-refractivity contribution in [2.24, 2.45) is 5.92 Å². The quantitative estimate of drug-likeness (QED) is 0.850. The molecule has 1 aromatic rings. The number of halogens is 1. The van der Waals surface area contributed by atoms with Gasteiger partial charge in [-0.3, -0.25) is 0 Å². The van der Waals surface area contributed by atoms with E-state index in [1.807, 2.05) is 0 Å². The summed E-state index contributed by atoms with van der Waals surface area (Å²) < 4.78 is 10.9. The van der Waals surface area contributed by atoms with Crippen LogP contribution in [0.15, 0.2) is 12.1 Å². The van der Waals surface area contributed by atoms with Gasteiger partial charge in [-0.1, -0.05) is 24.4 Å². The van der Waals surface area contributed by atoms with Crippen molar-refractivity contribution in [3.8, 4) is 11.5 Å². The molecule has 0 spiro atoms. The number of benzene rings is 1. The molecule has 0 aromatic heterocycles. The fourth-order valence-electron chi connectivity index (χ4n) is 1.74. The first-order chi connectivity index (χ1) is 8.24. The molecular formula is C13H17ClO3. The lowest BCUT2D eigenvalue weighted by atomic mass is 10.2. The van der Waals surface area contributed by atoms with Crippen LogP contribution in [0.2, 0.25) is 5.02 Å². The van der Waals surface area contributed by atoms with Gasteiger partial charge in [0.25, 0.3) is 0 Å². The Morgan fingerprint density at radius 2 is 2.18 bits per heavy atom. The highest BCUT2D eigenvalue weighted by molar-refractivity contribution is 6.32. The van der Waals surface area contributed by atoms with Gasteiger partial charge in [-0.05, 0) is 30.0 Å². The maximum atomic E-state index is 9.08. The van der Waals surface area contributed by atoms with Crippen molar-refractivity contribution in [1.29, 1.82) is 0 Å². The van der Waals surface area contributed by atoms with Crippen LogP contribution in [-0.2, 0) is 6.61 Å². The molecule has 1 N–H and O–H groups in total. The van der Waals surface area contributed by atoms with Crippen LogP contribution >= 0.6 is 11.6 Å². The first kappa shape index (κ1) is 12.5. The van der Waals surface area contributed by atoms with Crippen LogP contribution in [0.25, 0.3) is 0 Å². The molecule has 2 rings (SSSR count). The largest absolute Gasteiger partial charge is 0.493 e.